The number of carbonyl (C=O) groups excluding carboxylic acids is 1. The van der Waals surface area contributed by atoms with Gasteiger partial charge < -0.3 is 9.67 Å². The minimum atomic E-state index is -1.86. The number of carbonyl (C=O) groups is 1. The number of hydrogen-bond donors (Lipinski definition) is 2. The molecular formula is C28H27N3O2. The second-order valence-corrected chi connectivity index (χ2v) is 8.14. The number of nitrogens with zero attached hydrogens (tertiary/aromatic N) is 2. The van der Waals surface area contributed by atoms with E-state index in [0.717, 1.165) is 22.6 Å². The minimum Gasteiger partial charge on any atom is -0.372 e. The van der Waals surface area contributed by atoms with E-state index in [2.05, 4.69) is 40.2 Å². The van der Waals surface area contributed by atoms with Crippen LogP contribution in [0.2, 0.25) is 0 Å². The highest BCUT2D eigenvalue weighted by atomic mass is 16.3. The molecule has 0 spiro atoms. The maximum atomic E-state index is 13.2. The van der Waals surface area contributed by atoms with Crippen molar-refractivity contribution < 1.29 is 9.90 Å². The van der Waals surface area contributed by atoms with E-state index < -0.39 is 11.5 Å². The molecule has 0 atom stereocenters. The Bertz CT molecular complexity index is 1250. The lowest BCUT2D eigenvalue weighted by molar-refractivity contribution is -0.136. The number of nitrogens with one attached hydrogen (secondary N) is 1. The van der Waals surface area contributed by atoms with Crippen LogP contribution in [0.3, 0.4) is 0 Å². The summed E-state index contributed by atoms with van der Waals surface area (Å²) in [5, 5.41) is 15.7. The molecule has 0 radical (unpaired) electrons. The van der Waals surface area contributed by atoms with Crippen LogP contribution in [-0.4, -0.2) is 21.8 Å². The average molecular weight is 438 g/mol. The zero-order valence-electron chi connectivity index (χ0n) is 19.0. The highest BCUT2D eigenvalue weighted by molar-refractivity contribution is 5.91. The van der Waals surface area contributed by atoms with Gasteiger partial charge in [0.1, 0.15) is 0 Å². The van der Waals surface area contributed by atoms with Crippen molar-refractivity contribution in [2.75, 3.05) is 0 Å². The van der Waals surface area contributed by atoms with Crippen LogP contribution in [0.15, 0.2) is 96.1 Å². The normalized spacial score (nSPS) is 11.6. The third kappa shape index (κ3) is 4.36. The van der Waals surface area contributed by atoms with Crippen molar-refractivity contribution in [3.8, 4) is 5.69 Å². The van der Waals surface area contributed by atoms with E-state index in [1.807, 2.05) is 38.1 Å². The maximum absolute atomic E-state index is 13.2. The first kappa shape index (κ1) is 22.2. The predicted molar refractivity (Wildman–Crippen MR) is 132 cm³/mol. The molecule has 0 unspecified atom stereocenters. The van der Waals surface area contributed by atoms with Gasteiger partial charge in [0.05, 0.1) is 6.21 Å². The molecule has 3 aromatic carbocycles. The lowest BCUT2D eigenvalue weighted by atomic mass is 9.85. The van der Waals surface area contributed by atoms with Gasteiger partial charge in [-0.25, -0.2) is 5.43 Å². The lowest BCUT2D eigenvalue weighted by Gasteiger charge is -2.27. The first-order valence-corrected chi connectivity index (χ1v) is 10.8. The van der Waals surface area contributed by atoms with Gasteiger partial charge in [-0.1, -0.05) is 72.8 Å². The van der Waals surface area contributed by atoms with Crippen molar-refractivity contribution in [2.24, 2.45) is 5.10 Å². The molecule has 0 aliphatic carbocycles. The molecule has 0 bridgehead atoms. The summed E-state index contributed by atoms with van der Waals surface area (Å²) in [6, 6.07) is 28.1. The molecular weight excluding hydrogens is 410 g/mol. The number of aliphatic hydroxyl groups is 1. The van der Waals surface area contributed by atoms with Crippen LogP contribution < -0.4 is 5.43 Å². The van der Waals surface area contributed by atoms with Crippen LogP contribution in [0, 0.1) is 20.8 Å². The van der Waals surface area contributed by atoms with Crippen molar-refractivity contribution in [1.29, 1.82) is 0 Å². The molecule has 1 heterocycles. The Morgan fingerprint density at radius 2 is 1.48 bits per heavy atom. The quantitative estimate of drug-likeness (QED) is 0.336. The molecule has 33 heavy (non-hydrogen) atoms. The molecule has 5 heteroatoms. The molecule has 1 amide bonds. The molecule has 2 N–H and O–H groups in total. The fourth-order valence-electron chi connectivity index (χ4n) is 4.11. The topological polar surface area (TPSA) is 66.6 Å². The van der Waals surface area contributed by atoms with E-state index in [4.69, 9.17) is 0 Å². The molecule has 4 aromatic rings. The van der Waals surface area contributed by atoms with E-state index in [-0.39, 0.29) is 0 Å². The van der Waals surface area contributed by atoms with Crippen LogP contribution in [0.1, 0.15) is 33.6 Å². The van der Waals surface area contributed by atoms with Crippen LogP contribution >= 0.6 is 0 Å². The molecule has 0 aliphatic rings. The number of hydrazone groups is 1. The number of rotatable bonds is 6. The van der Waals surface area contributed by atoms with Gasteiger partial charge in [-0.15, -0.1) is 0 Å². The summed E-state index contributed by atoms with van der Waals surface area (Å²) in [5.74, 6) is -0.622. The largest absolute Gasteiger partial charge is 0.372 e. The summed E-state index contributed by atoms with van der Waals surface area (Å²) in [4.78, 5) is 13.2. The maximum Gasteiger partial charge on any atom is 0.281 e. The monoisotopic (exact) mass is 437 g/mol. The zero-order valence-corrected chi connectivity index (χ0v) is 19.0. The molecule has 0 saturated heterocycles. The van der Waals surface area contributed by atoms with Crippen LogP contribution in [0.4, 0.5) is 0 Å². The van der Waals surface area contributed by atoms with E-state index >= 15 is 0 Å². The molecule has 1 aromatic heterocycles. The molecule has 0 fully saturated rings. The fraction of sp³-hybridized carbons (Fsp3) is 0.143. The Balaban J connectivity index is 1.61. The van der Waals surface area contributed by atoms with Crippen molar-refractivity contribution in [2.45, 2.75) is 26.4 Å². The number of benzene rings is 3. The van der Waals surface area contributed by atoms with Crippen LogP contribution in [-0.2, 0) is 10.4 Å². The zero-order chi connectivity index (χ0) is 23.4. The summed E-state index contributed by atoms with van der Waals surface area (Å²) in [6.07, 6.45) is 1.61. The number of amides is 1. The Labute approximate surface area is 194 Å². The first-order valence-electron chi connectivity index (χ1n) is 10.8. The van der Waals surface area contributed by atoms with Gasteiger partial charge in [-0.3, -0.25) is 4.79 Å². The van der Waals surface area contributed by atoms with Gasteiger partial charge in [0.25, 0.3) is 5.91 Å². The van der Waals surface area contributed by atoms with Crippen molar-refractivity contribution in [3.05, 3.63) is 125 Å². The SMILES string of the molecule is Cc1cccc(-n2c(C)cc(C=NNC(=O)C(O)(c3ccccc3)c3ccccc3)c2C)c1. The summed E-state index contributed by atoms with van der Waals surface area (Å²) >= 11 is 0. The Hall–Kier alpha value is -3.96. The minimum absolute atomic E-state index is 0.474. The molecule has 5 nitrogen and oxygen atoms in total. The summed E-state index contributed by atoms with van der Waals surface area (Å²) < 4.78 is 2.15. The molecule has 166 valence electrons. The predicted octanol–water partition coefficient (Wildman–Crippen LogP) is 4.79. The van der Waals surface area contributed by atoms with E-state index in [9.17, 15) is 9.90 Å². The standard InChI is InChI=1S/C28H27N3O2/c1-20-11-10-16-26(17-20)31-21(2)18-23(22(31)3)19-29-30-27(32)28(33,24-12-6-4-7-13-24)25-14-8-5-9-15-25/h4-19,33H,1-3H3,(H,30,32). The van der Waals surface area contributed by atoms with Gasteiger partial charge in [-0.2, -0.15) is 5.10 Å². The van der Waals surface area contributed by atoms with Gasteiger partial charge in [-0.05, 0) is 55.7 Å². The highest BCUT2D eigenvalue weighted by Crippen LogP contribution is 2.30. The van der Waals surface area contributed by atoms with Crippen molar-refractivity contribution in [1.82, 2.24) is 9.99 Å². The first-order chi connectivity index (χ1) is 15.9. The smallest absolute Gasteiger partial charge is 0.281 e. The summed E-state index contributed by atoms with van der Waals surface area (Å²) in [6.45, 7) is 6.12. The van der Waals surface area contributed by atoms with E-state index in [0.29, 0.717) is 11.1 Å². The Kier molecular flexibility index (Phi) is 6.24. The van der Waals surface area contributed by atoms with Crippen molar-refractivity contribution in [3.63, 3.8) is 0 Å². The van der Waals surface area contributed by atoms with E-state index in [1.165, 1.54) is 5.56 Å². The number of aromatic nitrogens is 1. The van der Waals surface area contributed by atoms with E-state index in [1.54, 1.807) is 54.7 Å². The van der Waals surface area contributed by atoms with Crippen LogP contribution in [0.25, 0.3) is 5.69 Å². The fourth-order valence-corrected chi connectivity index (χ4v) is 4.11. The Morgan fingerprint density at radius 1 is 0.879 bits per heavy atom. The Morgan fingerprint density at radius 3 is 2.06 bits per heavy atom. The van der Waals surface area contributed by atoms with Gasteiger partial charge in [0, 0.05) is 22.6 Å². The third-order valence-corrected chi connectivity index (χ3v) is 5.81. The number of hydrogen-bond acceptors (Lipinski definition) is 3. The molecule has 0 saturated carbocycles. The lowest BCUT2D eigenvalue weighted by Crippen LogP contribution is -2.43. The summed E-state index contributed by atoms with van der Waals surface area (Å²) in [5.41, 5.74) is 6.86. The molecule has 4 rings (SSSR count). The van der Waals surface area contributed by atoms with Gasteiger partial charge >= 0.3 is 0 Å². The van der Waals surface area contributed by atoms with Gasteiger partial charge in [0.2, 0.25) is 0 Å². The second kappa shape index (κ2) is 9.27. The third-order valence-electron chi connectivity index (χ3n) is 5.81. The molecule has 0 aliphatic heterocycles. The van der Waals surface area contributed by atoms with Crippen molar-refractivity contribution >= 4 is 12.1 Å². The average Bonchev–Trinajstić information content (AvgIpc) is 3.12. The highest BCUT2D eigenvalue weighted by Gasteiger charge is 2.39. The van der Waals surface area contributed by atoms with Crippen LogP contribution in [0.5, 0.6) is 0 Å². The van der Waals surface area contributed by atoms with Gasteiger partial charge in [0.15, 0.2) is 5.60 Å². The summed E-state index contributed by atoms with van der Waals surface area (Å²) in [7, 11) is 0. The second-order valence-electron chi connectivity index (χ2n) is 8.14. The number of aryl methyl sites for hydroxylation is 2.